The zero-order chi connectivity index (χ0) is 9.47. The van der Waals surface area contributed by atoms with E-state index in [2.05, 4.69) is 9.98 Å². The van der Waals surface area contributed by atoms with E-state index in [0.717, 1.165) is 11.8 Å². The van der Waals surface area contributed by atoms with Crippen molar-refractivity contribution in [1.82, 2.24) is 0 Å². The van der Waals surface area contributed by atoms with E-state index in [1.165, 1.54) is 6.20 Å². The highest BCUT2D eigenvalue weighted by Gasteiger charge is 2.22. The molecule has 68 valence electrons. The van der Waals surface area contributed by atoms with Crippen molar-refractivity contribution in [1.29, 1.82) is 0 Å². The fourth-order valence-electron chi connectivity index (χ4n) is 1.13. The number of aliphatic imine (C=N–C) groups is 2. The second-order valence-corrected chi connectivity index (χ2v) is 4.17. The number of hydrogen-bond donors (Lipinski definition) is 1. The van der Waals surface area contributed by atoms with Crippen LogP contribution in [-0.2, 0) is 10.1 Å². The Balaban J connectivity index is 2.42. The predicted molar refractivity (Wildman–Crippen MR) is 48.3 cm³/mol. The van der Waals surface area contributed by atoms with Crippen LogP contribution in [0.4, 0.5) is 0 Å². The molecule has 2 rings (SSSR count). The van der Waals surface area contributed by atoms with E-state index in [-0.39, 0.29) is 11.3 Å². The first-order valence-corrected chi connectivity index (χ1v) is 4.98. The summed E-state index contributed by atoms with van der Waals surface area (Å²) in [4.78, 5) is 7.56. The third-order valence-corrected chi connectivity index (χ3v) is 2.71. The molecule has 0 saturated carbocycles. The van der Waals surface area contributed by atoms with Gasteiger partial charge in [0.25, 0.3) is 10.1 Å². The van der Waals surface area contributed by atoms with Crippen molar-refractivity contribution in [3.8, 4) is 0 Å². The SMILES string of the molecule is O=S(=O)(O)C1=CN=C2C=NC=C2C1. The monoisotopic (exact) mass is 198 g/mol. The molecule has 2 aliphatic heterocycles. The average Bonchev–Trinajstić information content (AvgIpc) is 2.47. The Kier molecular flexibility index (Phi) is 1.67. The molecular weight excluding hydrogens is 192 g/mol. The topological polar surface area (TPSA) is 79.1 Å². The van der Waals surface area contributed by atoms with Gasteiger partial charge in [-0.15, -0.1) is 0 Å². The normalized spacial score (nSPS) is 20.5. The van der Waals surface area contributed by atoms with Gasteiger partial charge in [0, 0.05) is 24.4 Å². The Morgan fingerprint density at radius 3 is 2.85 bits per heavy atom. The minimum absolute atomic E-state index is 0.0898. The lowest BCUT2D eigenvalue weighted by atomic mass is 10.1. The largest absolute Gasteiger partial charge is 0.292 e. The Morgan fingerprint density at radius 2 is 2.15 bits per heavy atom. The summed E-state index contributed by atoms with van der Waals surface area (Å²) in [5.41, 5.74) is 1.38. The van der Waals surface area contributed by atoms with Crippen LogP contribution < -0.4 is 0 Å². The van der Waals surface area contributed by atoms with Crippen LogP contribution in [0.25, 0.3) is 0 Å². The molecule has 0 amide bonds. The van der Waals surface area contributed by atoms with Crippen molar-refractivity contribution in [2.45, 2.75) is 6.42 Å². The van der Waals surface area contributed by atoms with E-state index in [1.807, 2.05) is 0 Å². The van der Waals surface area contributed by atoms with Gasteiger partial charge in [0.05, 0.1) is 16.8 Å². The maximum Gasteiger partial charge on any atom is 0.292 e. The van der Waals surface area contributed by atoms with E-state index in [4.69, 9.17) is 4.55 Å². The molecule has 6 heteroatoms. The van der Waals surface area contributed by atoms with Gasteiger partial charge in [-0.05, 0) is 0 Å². The summed E-state index contributed by atoms with van der Waals surface area (Å²) in [5, 5.41) is 0. The fourth-order valence-corrected chi connectivity index (χ4v) is 1.66. The number of fused-ring (bicyclic) bond motifs is 1. The minimum Gasteiger partial charge on any atom is -0.282 e. The summed E-state index contributed by atoms with van der Waals surface area (Å²) in [6.07, 6.45) is 4.40. The van der Waals surface area contributed by atoms with Gasteiger partial charge in [0.1, 0.15) is 0 Å². The summed E-state index contributed by atoms with van der Waals surface area (Å²) in [5.74, 6) is 0. The molecule has 0 spiro atoms. The molecule has 5 nitrogen and oxygen atoms in total. The Hall–Kier alpha value is -1.27. The minimum atomic E-state index is -4.11. The van der Waals surface area contributed by atoms with E-state index in [9.17, 15) is 8.42 Å². The van der Waals surface area contributed by atoms with Crippen molar-refractivity contribution in [3.63, 3.8) is 0 Å². The molecule has 0 saturated heterocycles. The van der Waals surface area contributed by atoms with Crippen LogP contribution in [0, 0.1) is 0 Å². The van der Waals surface area contributed by atoms with Crippen LogP contribution in [0.15, 0.2) is 32.9 Å². The molecule has 0 unspecified atom stereocenters. The lowest BCUT2D eigenvalue weighted by molar-refractivity contribution is 0.489. The molecule has 0 radical (unpaired) electrons. The molecule has 13 heavy (non-hydrogen) atoms. The maximum absolute atomic E-state index is 10.7. The van der Waals surface area contributed by atoms with Crippen LogP contribution >= 0.6 is 0 Å². The van der Waals surface area contributed by atoms with Gasteiger partial charge in [-0.3, -0.25) is 14.5 Å². The standard InChI is InChI=1S/C7H6N2O3S/c10-13(11,12)6-1-5-2-8-4-7(5)9-3-6/h2-4H,1H2,(H,10,11,12). The van der Waals surface area contributed by atoms with Crippen molar-refractivity contribution >= 4 is 22.0 Å². The number of allylic oxidation sites excluding steroid dienone is 2. The molecule has 0 aromatic rings. The van der Waals surface area contributed by atoms with E-state index in [0.29, 0.717) is 5.71 Å². The smallest absolute Gasteiger partial charge is 0.282 e. The molecule has 0 fully saturated rings. The molecule has 0 atom stereocenters. The summed E-state index contributed by atoms with van der Waals surface area (Å²) in [7, 11) is -4.11. The van der Waals surface area contributed by atoms with Gasteiger partial charge < -0.3 is 0 Å². The van der Waals surface area contributed by atoms with Crippen molar-refractivity contribution < 1.29 is 13.0 Å². The van der Waals surface area contributed by atoms with E-state index in [1.54, 1.807) is 6.21 Å². The summed E-state index contributed by atoms with van der Waals surface area (Å²) in [6, 6.07) is 0. The first-order valence-electron chi connectivity index (χ1n) is 3.54. The highest BCUT2D eigenvalue weighted by Crippen LogP contribution is 2.23. The Bertz CT molecular complexity index is 468. The van der Waals surface area contributed by atoms with E-state index < -0.39 is 10.1 Å². The van der Waals surface area contributed by atoms with Gasteiger partial charge in [-0.25, -0.2) is 0 Å². The number of nitrogens with zero attached hydrogens (tertiary/aromatic N) is 2. The highest BCUT2D eigenvalue weighted by molar-refractivity contribution is 7.89. The third-order valence-electron chi connectivity index (χ3n) is 1.80. The van der Waals surface area contributed by atoms with Crippen LogP contribution in [0.1, 0.15) is 6.42 Å². The highest BCUT2D eigenvalue weighted by atomic mass is 32.2. The Morgan fingerprint density at radius 1 is 1.38 bits per heavy atom. The zero-order valence-electron chi connectivity index (χ0n) is 6.51. The van der Waals surface area contributed by atoms with Gasteiger partial charge in [0.2, 0.25) is 0 Å². The molecule has 2 aliphatic rings. The zero-order valence-corrected chi connectivity index (χ0v) is 7.32. The van der Waals surface area contributed by atoms with Crippen LogP contribution in [-0.4, -0.2) is 24.9 Å². The molecule has 1 N–H and O–H groups in total. The van der Waals surface area contributed by atoms with Crippen molar-refractivity contribution in [2.24, 2.45) is 9.98 Å². The molecule has 0 aromatic carbocycles. The maximum atomic E-state index is 10.7. The van der Waals surface area contributed by atoms with Crippen LogP contribution in [0.2, 0.25) is 0 Å². The molecule has 0 aliphatic carbocycles. The van der Waals surface area contributed by atoms with Gasteiger partial charge in [-0.2, -0.15) is 8.42 Å². The quantitative estimate of drug-likeness (QED) is 0.624. The van der Waals surface area contributed by atoms with E-state index >= 15 is 0 Å². The lowest BCUT2D eigenvalue weighted by Gasteiger charge is -2.08. The summed E-state index contributed by atoms with van der Waals surface area (Å²) < 4.78 is 30.2. The molecular formula is C7H6N2O3S. The molecule has 2 heterocycles. The van der Waals surface area contributed by atoms with Gasteiger partial charge >= 0.3 is 0 Å². The predicted octanol–water partition coefficient (Wildman–Crippen LogP) is 0.529. The average molecular weight is 198 g/mol. The Labute approximate surface area is 75.0 Å². The lowest BCUT2D eigenvalue weighted by Crippen LogP contribution is -2.11. The number of hydrogen-bond acceptors (Lipinski definition) is 4. The number of rotatable bonds is 1. The first kappa shape index (κ1) is 8.33. The first-order chi connectivity index (χ1) is 6.07. The second kappa shape index (κ2) is 2.61. The molecule has 0 aromatic heterocycles. The molecule has 0 bridgehead atoms. The fraction of sp³-hybridized carbons (Fsp3) is 0.143. The summed E-state index contributed by atoms with van der Waals surface area (Å²) in [6.45, 7) is 0. The van der Waals surface area contributed by atoms with Crippen molar-refractivity contribution in [2.75, 3.05) is 0 Å². The second-order valence-electron chi connectivity index (χ2n) is 2.69. The van der Waals surface area contributed by atoms with Crippen LogP contribution in [0.3, 0.4) is 0 Å². The third kappa shape index (κ3) is 1.45. The van der Waals surface area contributed by atoms with Gasteiger partial charge in [0.15, 0.2) is 0 Å². The van der Waals surface area contributed by atoms with Crippen molar-refractivity contribution in [3.05, 3.63) is 22.9 Å². The summed E-state index contributed by atoms with van der Waals surface area (Å²) >= 11 is 0. The van der Waals surface area contributed by atoms with Crippen LogP contribution in [0.5, 0.6) is 0 Å². The van der Waals surface area contributed by atoms with Gasteiger partial charge in [-0.1, -0.05) is 0 Å².